The van der Waals surface area contributed by atoms with E-state index in [1.54, 1.807) is 11.3 Å². The zero-order valence-electron chi connectivity index (χ0n) is 11.4. The van der Waals surface area contributed by atoms with Crippen LogP contribution >= 0.6 is 23.1 Å². The first-order valence-electron chi connectivity index (χ1n) is 7.03. The number of carbonyl (C=O) groups is 1. The van der Waals surface area contributed by atoms with E-state index in [1.165, 1.54) is 5.75 Å². The van der Waals surface area contributed by atoms with Crippen molar-refractivity contribution in [3.05, 3.63) is 22.4 Å². The van der Waals surface area contributed by atoms with Gasteiger partial charge in [-0.3, -0.25) is 0 Å². The summed E-state index contributed by atoms with van der Waals surface area (Å²) in [4.78, 5) is 11.9. The Morgan fingerprint density at radius 3 is 3.25 bits per heavy atom. The van der Waals surface area contributed by atoms with Crippen LogP contribution in [0, 0.1) is 0 Å². The summed E-state index contributed by atoms with van der Waals surface area (Å²) in [5.41, 5.74) is 1.18. The van der Waals surface area contributed by atoms with Crippen molar-refractivity contribution in [1.82, 2.24) is 10.6 Å². The van der Waals surface area contributed by atoms with Crippen molar-refractivity contribution in [3.63, 3.8) is 0 Å². The molecule has 2 aliphatic heterocycles. The Balaban J connectivity index is 1.46. The van der Waals surface area contributed by atoms with Gasteiger partial charge in [-0.15, -0.1) is 0 Å². The molecule has 6 heteroatoms. The van der Waals surface area contributed by atoms with Gasteiger partial charge in [0.1, 0.15) is 0 Å². The number of thioether (sulfide) groups is 1. The number of carbonyl (C=O) groups excluding carboxylic acids is 1. The molecule has 1 aromatic heterocycles. The number of urea groups is 1. The SMILES string of the molecule is O=C(NCc1ccsc1)N[C@@H]1CCO[C@]2(CCSC2)C1. The molecule has 2 saturated heterocycles. The van der Waals surface area contributed by atoms with Gasteiger partial charge in [0.15, 0.2) is 0 Å². The van der Waals surface area contributed by atoms with E-state index in [-0.39, 0.29) is 17.7 Å². The smallest absolute Gasteiger partial charge is 0.315 e. The number of hydrogen-bond donors (Lipinski definition) is 2. The van der Waals surface area contributed by atoms with Gasteiger partial charge in [-0.05, 0) is 47.4 Å². The second kappa shape index (κ2) is 6.37. The van der Waals surface area contributed by atoms with Gasteiger partial charge < -0.3 is 15.4 Å². The molecule has 2 amide bonds. The van der Waals surface area contributed by atoms with Crippen molar-refractivity contribution >= 4 is 29.1 Å². The van der Waals surface area contributed by atoms with Crippen LogP contribution in [0.1, 0.15) is 24.8 Å². The number of thiophene rings is 1. The Morgan fingerprint density at radius 2 is 2.50 bits per heavy atom. The molecule has 3 heterocycles. The molecule has 2 N–H and O–H groups in total. The Morgan fingerprint density at radius 1 is 1.55 bits per heavy atom. The molecule has 3 rings (SSSR count). The molecule has 20 heavy (non-hydrogen) atoms. The lowest BCUT2D eigenvalue weighted by Crippen LogP contribution is -2.50. The Kier molecular flexibility index (Phi) is 4.53. The van der Waals surface area contributed by atoms with Gasteiger partial charge >= 0.3 is 6.03 Å². The van der Waals surface area contributed by atoms with Crippen molar-refractivity contribution in [2.45, 2.75) is 37.5 Å². The van der Waals surface area contributed by atoms with Crippen LogP contribution in [0.3, 0.4) is 0 Å². The first-order valence-corrected chi connectivity index (χ1v) is 9.13. The minimum absolute atomic E-state index is 0.0220. The third kappa shape index (κ3) is 3.48. The van der Waals surface area contributed by atoms with E-state index in [4.69, 9.17) is 4.74 Å². The summed E-state index contributed by atoms with van der Waals surface area (Å²) in [6, 6.07) is 2.21. The quantitative estimate of drug-likeness (QED) is 0.902. The van der Waals surface area contributed by atoms with Crippen LogP contribution < -0.4 is 10.6 Å². The van der Waals surface area contributed by atoms with E-state index in [9.17, 15) is 4.79 Å². The zero-order valence-corrected chi connectivity index (χ0v) is 13.0. The molecule has 2 fully saturated rings. The highest BCUT2D eigenvalue weighted by Gasteiger charge is 2.40. The Hall–Kier alpha value is -0.720. The first-order chi connectivity index (χ1) is 9.76. The molecule has 110 valence electrons. The van der Waals surface area contributed by atoms with E-state index in [1.807, 2.05) is 23.2 Å². The van der Waals surface area contributed by atoms with Gasteiger partial charge in [-0.1, -0.05) is 0 Å². The zero-order chi connectivity index (χ0) is 13.8. The maximum absolute atomic E-state index is 11.9. The van der Waals surface area contributed by atoms with Gasteiger partial charge in [-0.2, -0.15) is 23.1 Å². The lowest BCUT2D eigenvalue weighted by atomic mass is 9.90. The van der Waals surface area contributed by atoms with Gasteiger partial charge in [0.05, 0.1) is 5.60 Å². The lowest BCUT2D eigenvalue weighted by Gasteiger charge is -2.37. The summed E-state index contributed by atoms with van der Waals surface area (Å²) in [5, 5.41) is 10.1. The number of amides is 2. The van der Waals surface area contributed by atoms with E-state index in [0.717, 1.165) is 37.2 Å². The second-order valence-electron chi connectivity index (χ2n) is 5.48. The highest BCUT2D eigenvalue weighted by molar-refractivity contribution is 7.99. The molecule has 0 bridgehead atoms. The van der Waals surface area contributed by atoms with Crippen LogP contribution in [-0.2, 0) is 11.3 Å². The van der Waals surface area contributed by atoms with Crippen molar-refractivity contribution in [1.29, 1.82) is 0 Å². The summed E-state index contributed by atoms with van der Waals surface area (Å²) in [6.45, 7) is 1.36. The van der Waals surface area contributed by atoms with Crippen molar-refractivity contribution < 1.29 is 9.53 Å². The molecule has 0 radical (unpaired) electrons. The molecule has 0 aromatic carbocycles. The molecule has 2 aliphatic rings. The largest absolute Gasteiger partial charge is 0.374 e. The second-order valence-corrected chi connectivity index (χ2v) is 7.37. The third-order valence-corrected chi connectivity index (χ3v) is 5.88. The predicted octanol–water partition coefficient (Wildman–Crippen LogP) is 2.60. The number of nitrogens with one attached hydrogen (secondary N) is 2. The molecule has 0 unspecified atom stereocenters. The topological polar surface area (TPSA) is 50.4 Å². The summed E-state index contributed by atoms with van der Waals surface area (Å²) >= 11 is 3.61. The van der Waals surface area contributed by atoms with E-state index in [0.29, 0.717) is 6.54 Å². The summed E-state index contributed by atoms with van der Waals surface area (Å²) < 4.78 is 5.97. The molecular weight excluding hydrogens is 292 g/mol. The Labute approximate surface area is 127 Å². The highest BCUT2D eigenvalue weighted by atomic mass is 32.2. The first kappa shape index (κ1) is 14.2. The van der Waals surface area contributed by atoms with Crippen LogP contribution in [-0.4, -0.2) is 35.8 Å². The maximum Gasteiger partial charge on any atom is 0.315 e. The summed E-state index contributed by atoms with van der Waals surface area (Å²) in [7, 11) is 0. The van der Waals surface area contributed by atoms with Gasteiger partial charge in [0.2, 0.25) is 0 Å². The maximum atomic E-state index is 11.9. The van der Waals surface area contributed by atoms with Gasteiger partial charge in [0, 0.05) is 24.9 Å². The molecule has 1 spiro atoms. The van der Waals surface area contributed by atoms with Crippen LogP contribution in [0.2, 0.25) is 0 Å². The molecule has 4 nitrogen and oxygen atoms in total. The lowest BCUT2D eigenvalue weighted by molar-refractivity contribution is -0.0684. The van der Waals surface area contributed by atoms with Gasteiger partial charge in [-0.25, -0.2) is 4.79 Å². The fraction of sp³-hybridized carbons (Fsp3) is 0.643. The van der Waals surface area contributed by atoms with Crippen molar-refractivity contribution in [3.8, 4) is 0 Å². The molecule has 2 atom stereocenters. The van der Waals surface area contributed by atoms with E-state index >= 15 is 0 Å². The average molecular weight is 312 g/mol. The van der Waals surface area contributed by atoms with Crippen LogP contribution in [0.4, 0.5) is 4.79 Å². The third-order valence-electron chi connectivity index (χ3n) is 3.93. The molecule has 0 aliphatic carbocycles. The minimum atomic E-state index is -0.0658. The fourth-order valence-electron chi connectivity index (χ4n) is 2.83. The van der Waals surface area contributed by atoms with Gasteiger partial charge in [0.25, 0.3) is 0 Å². The Bertz CT molecular complexity index is 444. The van der Waals surface area contributed by atoms with Crippen molar-refractivity contribution in [2.75, 3.05) is 18.1 Å². The molecule has 0 saturated carbocycles. The number of ether oxygens (including phenoxy) is 1. The highest BCUT2D eigenvalue weighted by Crippen LogP contribution is 2.38. The van der Waals surface area contributed by atoms with Crippen LogP contribution in [0.5, 0.6) is 0 Å². The molecular formula is C14H20N2O2S2. The minimum Gasteiger partial charge on any atom is -0.374 e. The molecule has 1 aromatic rings. The predicted molar refractivity (Wildman–Crippen MR) is 83.3 cm³/mol. The fourth-order valence-corrected chi connectivity index (χ4v) is 4.87. The van der Waals surface area contributed by atoms with E-state index in [2.05, 4.69) is 16.0 Å². The van der Waals surface area contributed by atoms with Crippen molar-refractivity contribution in [2.24, 2.45) is 0 Å². The summed E-state index contributed by atoms with van der Waals surface area (Å²) in [6.07, 6.45) is 2.98. The van der Waals surface area contributed by atoms with Crippen LogP contribution in [0.25, 0.3) is 0 Å². The van der Waals surface area contributed by atoms with E-state index < -0.39 is 0 Å². The average Bonchev–Trinajstić information content (AvgIpc) is 3.09. The van der Waals surface area contributed by atoms with Crippen LogP contribution in [0.15, 0.2) is 16.8 Å². The summed E-state index contributed by atoms with van der Waals surface area (Å²) in [5.74, 6) is 2.25. The monoisotopic (exact) mass is 312 g/mol. The number of hydrogen-bond acceptors (Lipinski definition) is 4. The standard InChI is InChI=1S/C14H20N2O2S2/c17-13(15-8-11-2-5-19-9-11)16-12-1-4-18-14(7-12)3-6-20-10-14/h2,5,9,12H,1,3-4,6-8,10H2,(H2,15,16,17)/t12-,14-/m1/s1. The normalized spacial score (nSPS) is 29.5. The number of rotatable bonds is 3.